The Morgan fingerprint density at radius 3 is 2.83 bits per heavy atom. The van der Waals surface area contributed by atoms with Crippen LogP contribution in [0.25, 0.3) is 0 Å². The number of hydrogen-bond acceptors (Lipinski definition) is 4. The summed E-state index contributed by atoms with van der Waals surface area (Å²) < 4.78 is 11.1. The molecular formula is C18H22N2O3. The van der Waals surface area contributed by atoms with Crippen molar-refractivity contribution < 1.29 is 14.3 Å². The zero-order valence-corrected chi connectivity index (χ0v) is 13.5. The van der Waals surface area contributed by atoms with E-state index in [9.17, 15) is 4.79 Å². The van der Waals surface area contributed by atoms with Gasteiger partial charge in [-0.05, 0) is 44.5 Å². The standard InChI is InChI=1S/C18H22N2O3/c1-14(2)22-12-6-11-20-18(21)15-7-5-8-16(13-15)23-17-9-3-4-10-19-17/h3-5,7-10,13-14H,6,11-12H2,1-2H3,(H,20,21). The van der Waals surface area contributed by atoms with Gasteiger partial charge in [0.05, 0.1) is 6.10 Å². The molecule has 5 heteroatoms. The first-order chi connectivity index (χ1) is 11.1. The molecule has 0 spiro atoms. The Kier molecular flexibility index (Phi) is 6.56. The maximum atomic E-state index is 12.1. The van der Waals surface area contributed by atoms with Crippen molar-refractivity contribution in [2.45, 2.75) is 26.4 Å². The van der Waals surface area contributed by atoms with Gasteiger partial charge >= 0.3 is 0 Å². The van der Waals surface area contributed by atoms with Crippen molar-refractivity contribution >= 4 is 5.91 Å². The van der Waals surface area contributed by atoms with E-state index in [1.54, 1.807) is 36.5 Å². The third-order valence-electron chi connectivity index (χ3n) is 3.01. The van der Waals surface area contributed by atoms with Crippen LogP contribution in [0.15, 0.2) is 48.7 Å². The van der Waals surface area contributed by atoms with E-state index in [2.05, 4.69) is 10.3 Å². The lowest BCUT2D eigenvalue weighted by molar-refractivity contribution is 0.0757. The second-order valence-electron chi connectivity index (χ2n) is 5.33. The molecule has 122 valence electrons. The molecule has 1 amide bonds. The highest BCUT2D eigenvalue weighted by molar-refractivity contribution is 5.94. The molecule has 0 saturated carbocycles. The fraction of sp³-hybridized carbons (Fsp3) is 0.333. The molecule has 0 radical (unpaired) electrons. The Labute approximate surface area is 136 Å². The molecule has 0 unspecified atom stereocenters. The molecule has 0 bridgehead atoms. The average molecular weight is 314 g/mol. The highest BCUT2D eigenvalue weighted by Crippen LogP contribution is 2.19. The molecular weight excluding hydrogens is 292 g/mol. The van der Waals surface area contributed by atoms with Crippen LogP contribution in [0.5, 0.6) is 11.6 Å². The van der Waals surface area contributed by atoms with Gasteiger partial charge in [0.1, 0.15) is 5.75 Å². The minimum absolute atomic E-state index is 0.124. The predicted octanol–water partition coefficient (Wildman–Crippen LogP) is 3.42. The molecule has 0 aliphatic rings. The number of hydrogen-bond donors (Lipinski definition) is 1. The Balaban J connectivity index is 1.85. The van der Waals surface area contributed by atoms with Gasteiger partial charge in [-0.2, -0.15) is 0 Å². The normalized spacial score (nSPS) is 10.6. The molecule has 0 atom stereocenters. The second kappa shape index (κ2) is 8.90. The molecule has 0 fully saturated rings. The summed E-state index contributed by atoms with van der Waals surface area (Å²) in [4.78, 5) is 16.2. The Bertz CT molecular complexity index is 615. The lowest BCUT2D eigenvalue weighted by Crippen LogP contribution is -2.25. The molecule has 2 aromatic rings. The maximum Gasteiger partial charge on any atom is 0.251 e. The first-order valence-electron chi connectivity index (χ1n) is 7.74. The SMILES string of the molecule is CC(C)OCCCNC(=O)c1cccc(Oc2ccccn2)c1. The monoisotopic (exact) mass is 314 g/mol. The highest BCUT2D eigenvalue weighted by Gasteiger charge is 2.07. The first kappa shape index (κ1) is 17.0. The molecule has 1 aromatic heterocycles. The molecule has 0 aliphatic carbocycles. The second-order valence-corrected chi connectivity index (χ2v) is 5.33. The number of carbonyl (C=O) groups excluding carboxylic acids is 1. The van der Waals surface area contributed by atoms with Crippen molar-refractivity contribution in [1.82, 2.24) is 10.3 Å². The van der Waals surface area contributed by atoms with Crippen molar-refractivity contribution in [2.24, 2.45) is 0 Å². The van der Waals surface area contributed by atoms with Crippen molar-refractivity contribution in [2.75, 3.05) is 13.2 Å². The molecule has 5 nitrogen and oxygen atoms in total. The van der Waals surface area contributed by atoms with E-state index >= 15 is 0 Å². The third kappa shape index (κ3) is 6.08. The summed E-state index contributed by atoms with van der Waals surface area (Å²) in [7, 11) is 0. The van der Waals surface area contributed by atoms with Gasteiger partial charge in [-0.15, -0.1) is 0 Å². The quantitative estimate of drug-likeness (QED) is 0.758. The molecule has 1 aromatic carbocycles. The van der Waals surface area contributed by atoms with Crippen LogP contribution in [0.4, 0.5) is 0 Å². The summed E-state index contributed by atoms with van der Waals surface area (Å²) in [6, 6.07) is 12.5. The number of aromatic nitrogens is 1. The zero-order chi connectivity index (χ0) is 16.5. The smallest absolute Gasteiger partial charge is 0.251 e. The van der Waals surface area contributed by atoms with Crippen LogP contribution in [0.3, 0.4) is 0 Å². The summed E-state index contributed by atoms with van der Waals surface area (Å²) in [5.74, 6) is 0.955. The number of ether oxygens (including phenoxy) is 2. The van der Waals surface area contributed by atoms with E-state index in [1.807, 2.05) is 26.0 Å². The van der Waals surface area contributed by atoms with Gasteiger partial charge in [0, 0.05) is 31.0 Å². The lowest BCUT2D eigenvalue weighted by Gasteiger charge is -2.09. The summed E-state index contributed by atoms with van der Waals surface area (Å²) in [5, 5.41) is 2.87. The van der Waals surface area contributed by atoms with Crippen LogP contribution in [-0.2, 0) is 4.74 Å². The third-order valence-corrected chi connectivity index (χ3v) is 3.01. The largest absolute Gasteiger partial charge is 0.439 e. The zero-order valence-electron chi connectivity index (χ0n) is 13.5. The van der Waals surface area contributed by atoms with Gasteiger partial charge in [-0.3, -0.25) is 4.79 Å². The summed E-state index contributed by atoms with van der Waals surface area (Å²) in [6.45, 7) is 5.20. The van der Waals surface area contributed by atoms with E-state index in [-0.39, 0.29) is 12.0 Å². The van der Waals surface area contributed by atoms with Gasteiger partial charge in [0.2, 0.25) is 5.88 Å². The summed E-state index contributed by atoms with van der Waals surface area (Å²) >= 11 is 0. The van der Waals surface area contributed by atoms with Gasteiger partial charge < -0.3 is 14.8 Å². The predicted molar refractivity (Wildman–Crippen MR) is 88.8 cm³/mol. The van der Waals surface area contributed by atoms with E-state index in [4.69, 9.17) is 9.47 Å². The summed E-state index contributed by atoms with van der Waals surface area (Å²) in [5.41, 5.74) is 0.559. The fourth-order valence-electron chi connectivity index (χ4n) is 1.92. The van der Waals surface area contributed by atoms with E-state index < -0.39 is 0 Å². The molecule has 0 saturated heterocycles. The first-order valence-corrected chi connectivity index (χ1v) is 7.74. The number of nitrogens with one attached hydrogen (secondary N) is 1. The minimum atomic E-state index is -0.124. The van der Waals surface area contributed by atoms with E-state index in [0.29, 0.717) is 30.3 Å². The van der Waals surface area contributed by atoms with Crippen LogP contribution in [0, 0.1) is 0 Å². The van der Waals surface area contributed by atoms with Crippen LogP contribution in [-0.4, -0.2) is 30.1 Å². The van der Waals surface area contributed by atoms with Crippen LogP contribution in [0.2, 0.25) is 0 Å². The average Bonchev–Trinajstić information content (AvgIpc) is 2.55. The number of benzene rings is 1. The highest BCUT2D eigenvalue weighted by atomic mass is 16.5. The number of carbonyl (C=O) groups is 1. The molecule has 1 heterocycles. The van der Waals surface area contributed by atoms with Crippen molar-refractivity contribution in [3.05, 3.63) is 54.2 Å². The van der Waals surface area contributed by atoms with Gasteiger partial charge in [-0.1, -0.05) is 12.1 Å². The van der Waals surface area contributed by atoms with Crippen LogP contribution < -0.4 is 10.1 Å². The van der Waals surface area contributed by atoms with Gasteiger partial charge in [0.15, 0.2) is 0 Å². The number of rotatable bonds is 8. The summed E-state index contributed by atoms with van der Waals surface area (Å²) in [6.07, 6.45) is 2.66. The number of amides is 1. The molecule has 23 heavy (non-hydrogen) atoms. The number of nitrogens with zero attached hydrogens (tertiary/aromatic N) is 1. The Morgan fingerprint density at radius 2 is 2.09 bits per heavy atom. The van der Waals surface area contributed by atoms with Crippen molar-refractivity contribution in [1.29, 1.82) is 0 Å². The number of pyridine rings is 1. The molecule has 2 rings (SSSR count). The van der Waals surface area contributed by atoms with Crippen molar-refractivity contribution in [3.8, 4) is 11.6 Å². The van der Waals surface area contributed by atoms with Gasteiger partial charge in [-0.25, -0.2) is 4.98 Å². The van der Waals surface area contributed by atoms with Gasteiger partial charge in [0.25, 0.3) is 5.91 Å². The Morgan fingerprint density at radius 1 is 1.22 bits per heavy atom. The minimum Gasteiger partial charge on any atom is -0.439 e. The van der Waals surface area contributed by atoms with E-state index in [0.717, 1.165) is 6.42 Å². The van der Waals surface area contributed by atoms with Crippen molar-refractivity contribution in [3.63, 3.8) is 0 Å². The van der Waals surface area contributed by atoms with Crippen LogP contribution >= 0.6 is 0 Å². The lowest BCUT2D eigenvalue weighted by atomic mass is 10.2. The molecule has 0 aliphatic heterocycles. The Hall–Kier alpha value is -2.40. The maximum absolute atomic E-state index is 12.1. The topological polar surface area (TPSA) is 60.5 Å². The van der Waals surface area contributed by atoms with Crippen LogP contribution in [0.1, 0.15) is 30.6 Å². The van der Waals surface area contributed by atoms with E-state index in [1.165, 1.54) is 0 Å². The molecule has 1 N–H and O–H groups in total. The fourth-order valence-corrected chi connectivity index (χ4v) is 1.92.